The average Bonchev–Trinajstić information content (AvgIpc) is 2.34. The Balaban J connectivity index is 2.56. The standard InChI is InChI=1S/C12H16N2O3/c13-6-1-2-7-14-11(15)9-4-3-5-10(8-9)12(16)17/h3-5,8H,1-2,6-7,13H2,(H,14,15)(H,16,17). The minimum atomic E-state index is -1.04. The van der Waals surface area contributed by atoms with Crippen molar-refractivity contribution in [3.8, 4) is 0 Å². The summed E-state index contributed by atoms with van der Waals surface area (Å²) in [6.07, 6.45) is 1.68. The topological polar surface area (TPSA) is 92.4 Å². The Labute approximate surface area is 99.6 Å². The summed E-state index contributed by atoms with van der Waals surface area (Å²) in [5.41, 5.74) is 5.80. The number of hydrogen-bond acceptors (Lipinski definition) is 3. The molecule has 92 valence electrons. The fraction of sp³-hybridized carbons (Fsp3) is 0.333. The Morgan fingerprint density at radius 1 is 1.24 bits per heavy atom. The molecule has 0 fully saturated rings. The minimum Gasteiger partial charge on any atom is -0.478 e. The first-order valence-electron chi connectivity index (χ1n) is 5.47. The largest absolute Gasteiger partial charge is 0.478 e. The van der Waals surface area contributed by atoms with Crippen LogP contribution in [0.15, 0.2) is 24.3 Å². The average molecular weight is 236 g/mol. The van der Waals surface area contributed by atoms with Gasteiger partial charge in [0.1, 0.15) is 0 Å². The zero-order chi connectivity index (χ0) is 12.7. The van der Waals surface area contributed by atoms with E-state index in [1.807, 2.05) is 0 Å². The van der Waals surface area contributed by atoms with Crippen molar-refractivity contribution in [1.29, 1.82) is 0 Å². The number of hydrogen-bond donors (Lipinski definition) is 3. The molecule has 1 rings (SSSR count). The van der Waals surface area contributed by atoms with Gasteiger partial charge in [0.05, 0.1) is 5.56 Å². The van der Waals surface area contributed by atoms with E-state index in [2.05, 4.69) is 5.32 Å². The van der Waals surface area contributed by atoms with Crippen LogP contribution in [0.5, 0.6) is 0 Å². The number of carbonyl (C=O) groups excluding carboxylic acids is 1. The number of aromatic carboxylic acids is 1. The van der Waals surface area contributed by atoms with Crippen molar-refractivity contribution in [2.75, 3.05) is 13.1 Å². The van der Waals surface area contributed by atoms with Gasteiger partial charge in [0.2, 0.25) is 0 Å². The molecule has 0 heterocycles. The smallest absolute Gasteiger partial charge is 0.335 e. The van der Waals surface area contributed by atoms with Gasteiger partial charge in [-0.25, -0.2) is 4.79 Å². The van der Waals surface area contributed by atoms with E-state index in [1.54, 1.807) is 12.1 Å². The van der Waals surface area contributed by atoms with Crippen LogP contribution in [-0.2, 0) is 0 Å². The lowest BCUT2D eigenvalue weighted by atomic mass is 10.1. The third-order valence-corrected chi connectivity index (χ3v) is 2.29. The Kier molecular flexibility index (Phi) is 5.16. The maximum Gasteiger partial charge on any atom is 0.335 e. The zero-order valence-corrected chi connectivity index (χ0v) is 9.48. The summed E-state index contributed by atoms with van der Waals surface area (Å²) in [5.74, 6) is -1.30. The van der Waals surface area contributed by atoms with Crippen molar-refractivity contribution >= 4 is 11.9 Å². The number of carboxylic acid groups (broad SMARTS) is 1. The summed E-state index contributed by atoms with van der Waals surface area (Å²) in [5, 5.41) is 11.5. The lowest BCUT2D eigenvalue weighted by Gasteiger charge is -2.05. The molecule has 17 heavy (non-hydrogen) atoms. The van der Waals surface area contributed by atoms with Crippen LogP contribution < -0.4 is 11.1 Å². The SMILES string of the molecule is NCCCCNC(=O)c1cccc(C(=O)O)c1. The number of amides is 1. The molecule has 0 saturated heterocycles. The van der Waals surface area contributed by atoms with Crippen molar-refractivity contribution < 1.29 is 14.7 Å². The summed E-state index contributed by atoms with van der Waals surface area (Å²) < 4.78 is 0. The van der Waals surface area contributed by atoms with Gasteiger partial charge in [-0.15, -0.1) is 0 Å². The van der Waals surface area contributed by atoms with Crippen molar-refractivity contribution in [2.45, 2.75) is 12.8 Å². The van der Waals surface area contributed by atoms with Gasteiger partial charge in [-0.1, -0.05) is 6.07 Å². The van der Waals surface area contributed by atoms with Crippen LogP contribution in [0.3, 0.4) is 0 Å². The normalized spacial score (nSPS) is 9.94. The molecule has 0 aromatic heterocycles. The summed E-state index contributed by atoms with van der Waals surface area (Å²) in [6, 6.07) is 5.96. The van der Waals surface area contributed by atoms with Crippen molar-refractivity contribution in [3.63, 3.8) is 0 Å². The van der Waals surface area contributed by atoms with Crippen molar-refractivity contribution in [1.82, 2.24) is 5.32 Å². The fourth-order valence-corrected chi connectivity index (χ4v) is 1.37. The van der Waals surface area contributed by atoms with Crippen LogP contribution in [0.1, 0.15) is 33.6 Å². The lowest BCUT2D eigenvalue weighted by molar-refractivity contribution is 0.0697. The first-order chi connectivity index (χ1) is 8.15. The van der Waals surface area contributed by atoms with Crippen molar-refractivity contribution in [2.24, 2.45) is 5.73 Å². The van der Waals surface area contributed by atoms with E-state index in [0.29, 0.717) is 18.7 Å². The van der Waals surface area contributed by atoms with E-state index < -0.39 is 5.97 Å². The maximum absolute atomic E-state index is 11.6. The van der Waals surface area contributed by atoms with Gasteiger partial charge in [0, 0.05) is 12.1 Å². The molecular weight excluding hydrogens is 220 g/mol. The van der Waals surface area contributed by atoms with E-state index in [9.17, 15) is 9.59 Å². The summed E-state index contributed by atoms with van der Waals surface area (Å²) in [7, 11) is 0. The van der Waals surface area contributed by atoms with E-state index in [0.717, 1.165) is 12.8 Å². The second-order valence-corrected chi connectivity index (χ2v) is 3.64. The Bertz CT molecular complexity index is 404. The monoisotopic (exact) mass is 236 g/mol. The van der Waals surface area contributed by atoms with E-state index in [-0.39, 0.29) is 11.5 Å². The second-order valence-electron chi connectivity index (χ2n) is 3.64. The number of rotatable bonds is 6. The van der Waals surface area contributed by atoms with Crippen LogP contribution in [0, 0.1) is 0 Å². The van der Waals surface area contributed by atoms with Gasteiger partial charge in [-0.2, -0.15) is 0 Å². The molecule has 1 aromatic rings. The number of unbranched alkanes of at least 4 members (excludes halogenated alkanes) is 1. The highest BCUT2D eigenvalue weighted by Crippen LogP contribution is 2.05. The first kappa shape index (κ1) is 13.2. The molecule has 0 atom stereocenters. The molecule has 0 unspecified atom stereocenters. The van der Waals surface area contributed by atoms with Crippen LogP contribution in [0.25, 0.3) is 0 Å². The molecule has 4 N–H and O–H groups in total. The molecule has 0 bridgehead atoms. The summed E-state index contributed by atoms with van der Waals surface area (Å²) in [4.78, 5) is 22.4. The van der Waals surface area contributed by atoms with E-state index in [1.165, 1.54) is 12.1 Å². The van der Waals surface area contributed by atoms with Crippen LogP contribution >= 0.6 is 0 Å². The number of nitrogens with one attached hydrogen (secondary N) is 1. The number of benzene rings is 1. The molecule has 0 saturated carbocycles. The van der Waals surface area contributed by atoms with Gasteiger partial charge < -0.3 is 16.2 Å². The van der Waals surface area contributed by atoms with E-state index in [4.69, 9.17) is 10.8 Å². The first-order valence-corrected chi connectivity index (χ1v) is 5.47. The zero-order valence-electron chi connectivity index (χ0n) is 9.48. The Morgan fingerprint density at radius 2 is 1.94 bits per heavy atom. The number of carboxylic acids is 1. The third-order valence-electron chi connectivity index (χ3n) is 2.29. The van der Waals surface area contributed by atoms with Gasteiger partial charge in [-0.3, -0.25) is 4.79 Å². The maximum atomic E-state index is 11.6. The molecule has 5 nitrogen and oxygen atoms in total. The predicted octanol–water partition coefficient (Wildman–Crippen LogP) is 0.854. The lowest BCUT2D eigenvalue weighted by Crippen LogP contribution is -2.25. The minimum absolute atomic E-state index is 0.111. The highest BCUT2D eigenvalue weighted by molar-refractivity contribution is 5.97. The highest BCUT2D eigenvalue weighted by Gasteiger charge is 2.08. The van der Waals surface area contributed by atoms with Gasteiger partial charge in [-0.05, 0) is 37.6 Å². The molecule has 0 aliphatic heterocycles. The molecule has 0 radical (unpaired) electrons. The van der Waals surface area contributed by atoms with Crippen LogP contribution in [-0.4, -0.2) is 30.1 Å². The molecule has 1 amide bonds. The number of nitrogens with two attached hydrogens (primary N) is 1. The molecule has 5 heteroatoms. The van der Waals surface area contributed by atoms with Gasteiger partial charge in [0.25, 0.3) is 5.91 Å². The molecular formula is C12H16N2O3. The predicted molar refractivity (Wildman–Crippen MR) is 64.0 cm³/mol. The molecule has 0 aliphatic rings. The molecule has 1 aromatic carbocycles. The van der Waals surface area contributed by atoms with Crippen LogP contribution in [0.4, 0.5) is 0 Å². The Hall–Kier alpha value is -1.88. The summed E-state index contributed by atoms with van der Waals surface area (Å²) >= 11 is 0. The number of carbonyl (C=O) groups is 2. The summed E-state index contributed by atoms with van der Waals surface area (Å²) in [6.45, 7) is 1.15. The second kappa shape index (κ2) is 6.65. The van der Waals surface area contributed by atoms with Crippen molar-refractivity contribution in [3.05, 3.63) is 35.4 Å². The highest BCUT2D eigenvalue weighted by atomic mass is 16.4. The molecule has 0 aliphatic carbocycles. The van der Waals surface area contributed by atoms with E-state index >= 15 is 0 Å². The van der Waals surface area contributed by atoms with Gasteiger partial charge in [0.15, 0.2) is 0 Å². The van der Waals surface area contributed by atoms with Crippen LogP contribution in [0.2, 0.25) is 0 Å². The van der Waals surface area contributed by atoms with Gasteiger partial charge >= 0.3 is 5.97 Å². The molecule has 0 spiro atoms. The Morgan fingerprint density at radius 3 is 2.59 bits per heavy atom. The quantitative estimate of drug-likeness (QED) is 0.638. The third kappa shape index (κ3) is 4.24. The fourth-order valence-electron chi connectivity index (χ4n) is 1.37.